The van der Waals surface area contributed by atoms with Crippen molar-refractivity contribution in [2.24, 2.45) is 11.8 Å². The van der Waals surface area contributed by atoms with Crippen LogP contribution in [0.2, 0.25) is 0 Å². The topological polar surface area (TPSA) is 46.5 Å². The molecule has 0 radical (unpaired) electrons. The Morgan fingerprint density at radius 1 is 1.64 bits per heavy atom. The predicted molar refractivity (Wildman–Crippen MR) is 39.9 cm³/mol. The number of aliphatic hydroxyl groups is 1. The molecule has 1 saturated carbocycles. The third-order valence-corrected chi connectivity index (χ3v) is 2.19. The standard InChI is InChI=1S/C8H14O3/c1-5(8(10)11-2)7(9)6-3-4-6/h5-7,9H,3-4H2,1-2H3/t5-,7+/m0/s1. The molecule has 1 N–H and O–H groups in total. The van der Waals surface area contributed by atoms with Crippen LogP contribution in [-0.2, 0) is 9.53 Å². The van der Waals surface area contributed by atoms with Gasteiger partial charge in [0, 0.05) is 0 Å². The molecule has 1 aliphatic carbocycles. The number of ether oxygens (including phenoxy) is 1. The van der Waals surface area contributed by atoms with E-state index in [4.69, 9.17) is 0 Å². The lowest BCUT2D eigenvalue weighted by atomic mass is 10.0. The highest BCUT2D eigenvalue weighted by atomic mass is 16.5. The quantitative estimate of drug-likeness (QED) is 0.611. The van der Waals surface area contributed by atoms with Crippen LogP contribution in [0.1, 0.15) is 19.8 Å². The summed E-state index contributed by atoms with van der Waals surface area (Å²) in [6.07, 6.45) is 1.59. The van der Waals surface area contributed by atoms with E-state index in [1.54, 1.807) is 6.92 Å². The van der Waals surface area contributed by atoms with E-state index >= 15 is 0 Å². The molecule has 0 aromatic heterocycles. The molecule has 0 amide bonds. The van der Waals surface area contributed by atoms with Crippen LogP contribution in [0.15, 0.2) is 0 Å². The third-order valence-electron chi connectivity index (χ3n) is 2.19. The van der Waals surface area contributed by atoms with Crippen molar-refractivity contribution in [2.45, 2.75) is 25.9 Å². The second kappa shape index (κ2) is 3.22. The fourth-order valence-corrected chi connectivity index (χ4v) is 1.17. The minimum atomic E-state index is -0.498. The predicted octanol–water partition coefficient (Wildman–Crippen LogP) is 0.566. The van der Waals surface area contributed by atoms with E-state index < -0.39 is 6.10 Å². The fraction of sp³-hybridized carbons (Fsp3) is 0.875. The van der Waals surface area contributed by atoms with E-state index in [-0.39, 0.29) is 11.9 Å². The first-order valence-electron chi connectivity index (χ1n) is 3.92. The van der Waals surface area contributed by atoms with Crippen molar-refractivity contribution in [3.8, 4) is 0 Å². The molecule has 11 heavy (non-hydrogen) atoms. The first-order chi connectivity index (χ1) is 5.16. The fourth-order valence-electron chi connectivity index (χ4n) is 1.17. The van der Waals surface area contributed by atoms with E-state index in [0.29, 0.717) is 5.92 Å². The highest BCUT2D eigenvalue weighted by Crippen LogP contribution is 2.35. The number of carbonyl (C=O) groups is 1. The van der Waals surface area contributed by atoms with E-state index in [1.807, 2.05) is 0 Å². The molecule has 0 spiro atoms. The summed E-state index contributed by atoms with van der Waals surface area (Å²) in [4.78, 5) is 10.9. The summed E-state index contributed by atoms with van der Waals surface area (Å²) in [5, 5.41) is 9.46. The molecule has 2 atom stereocenters. The minimum Gasteiger partial charge on any atom is -0.469 e. The number of methoxy groups -OCH3 is 1. The van der Waals surface area contributed by atoms with Gasteiger partial charge in [-0.2, -0.15) is 0 Å². The van der Waals surface area contributed by atoms with Crippen molar-refractivity contribution in [3.63, 3.8) is 0 Å². The summed E-state index contributed by atoms with van der Waals surface area (Å²) in [7, 11) is 1.35. The molecule has 1 rings (SSSR count). The Bertz CT molecular complexity index is 151. The summed E-state index contributed by atoms with van der Waals surface area (Å²) in [6, 6.07) is 0. The molecule has 3 heteroatoms. The monoisotopic (exact) mass is 158 g/mol. The summed E-state index contributed by atoms with van der Waals surface area (Å²) < 4.78 is 4.51. The van der Waals surface area contributed by atoms with Crippen LogP contribution in [0.5, 0.6) is 0 Å². The molecular formula is C8H14O3. The van der Waals surface area contributed by atoms with Gasteiger partial charge in [0.25, 0.3) is 0 Å². The normalized spacial score (nSPS) is 22.5. The number of aliphatic hydroxyl groups excluding tert-OH is 1. The van der Waals surface area contributed by atoms with Gasteiger partial charge < -0.3 is 9.84 Å². The van der Waals surface area contributed by atoms with Gasteiger partial charge in [-0.3, -0.25) is 4.79 Å². The lowest BCUT2D eigenvalue weighted by Crippen LogP contribution is -2.28. The van der Waals surface area contributed by atoms with Gasteiger partial charge in [0.2, 0.25) is 0 Å². The van der Waals surface area contributed by atoms with Crippen LogP contribution in [-0.4, -0.2) is 24.3 Å². The Morgan fingerprint density at radius 3 is 2.55 bits per heavy atom. The second-order valence-electron chi connectivity index (χ2n) is 3.14. The largest absolute Gasteiger partial charge is 0.469 e. The van der Waals surface area contributed by atoms with Crippen molar-refractivity contribution < 1.29 is 14.6 Å². The van der Waals surface area contributed by atoms with Gasteiger partial charge in [-0.25, -0.2) is 0 Å². The Morgan fingerprint density at radius 2 is 2.18 bits per heavy atom. The number of hydrogen-bond donors (Lipinski definition) is 1. The highest BCUT2D eigenvalue weighted by molar-refractivity contribution is 5.72. The highest BCUT2D eigenvalue weighted by Gasteiger charge is 2.36. The Balaban J connectivity index is 2.38. The van der Waals surface area contributed by atoms with Gasteiger partial charge in [-0.15, -0.1) is 0 Å². The van der Waals surface area contributed by atoms with Crippen molar-refractivity contribution in [3.05, 3.63) is 0 Å². The average Bonchev–Trinajstić information content (AvgIpc) is 2.82. The minimum absolute atomic E-state index is 0.315. The number of esters is 1. The number of carbonyl (C=O) groups excluding carboxylic acids is 1. The van der Waals surface area contributed by atoms with Crippen LogP contribution in [0.4, 0.5) is 0 Å². The molecular weight excluding hydrogens is 144 g/mol. The molecule has 0 unspecified atom stereocenters. The zero-order chi connectivity index (χ0) is 8.43. The van der Waals surface area contributed by atoms with Gasteiger partial charge in [-0.05, 0) is 25.7 Å². The van der Waals surface area contributed by atoms with Crippen molar-refractivity contribution in [1.82, 2.24) is 0 Å². The summed E-state index contributed by atoms with van der Waals surface area (Å²) in [5.74, 6) is -0.346. The Labute approximate surface area is 66.4 Å². The molecule has 0 aromatic rings. The molecule has 0 saturated heterocycles. The lowest BCUT2D eigenvalue weighted by molar-refractivity contribution is -0.149. The SMILES string of the molecule is COC(=O)[C@@H](C)[C@@H](O)C1CC1. The van der Waals surface area contributed by atoms with Crippen LogP contribution in [0.25, 0.3) is 0 Å². The summed E-state index contributed by atoms with van der Waals surface area (Å²) >= 11 is 0. The second-order valence-corrected chi connectivity index (χ2v) is 3.14. The summed E-state index contributed by atoms with van der Waals surface area (Å²) in [6.45, 7) is 1.70. The van der Waals surface area contributed by atoms with Crippen LogP contribution < -0.4 is 0 Å². The van der Waals surface area contributed by atoms with E-state index in [9.17, 15) is 9.90 Å². The Kier molecular flexibility index (Phi) is 2.49. The van der Waals surface area contributed by atoms with Gasteiger partial charge in [0.15, 0.2) is 0 Å². The molecule has 1 fully saturated rings. The molecule has 0 bridgehead atoms. The smallest absolute Gasteiger partial charge is 0.311 e. The maximum Gasteiger partial charge on any atom is 0.311 e. The van der Waals surface area contributed by atoms with Crippen LogP contribution in [0.3, 0.4) is 0 Å². The average molecular weight is 158 g/mol. The van der Waals surface area contributed by atoms with Gasteiger partial charge in [0.05, 0.1) is 19.1 Å². The van der Waals surface area contributed by atoms with E-state index in [0.717, 1.165) is 12.8 Å². The maximum absolute atomic E-state index is 10.9. The van der Waals surface area contributed by atoms with Crippen molar-refractivity contribution in [1.29, 1.82) is 0 Å². The molecule has 0 aliphatic heterocycles. The zero-order valence-corrected chi connectivity index (χ0v) is 6.91. The van der Waals surface area contributed by atoms with E-state index in [1.165, 1.54) is 7.11 Å². The van der Waals surface area contributed by atoms with Gasteiger partial charge in [-0.1, -0.05) is 0 Å². The first-order valence-corrected chi connectivity index (χ1v) is 3.92. The zero-order valence-electron chi connectivity index (χ0n) is 6.91. The maximum atomic E-state index is 10.9. The molecule has 3 nitrogen and oxygen atoms in total. The van der Waals surface area contributed by atoms with Crippen LogP contribution >= 0.6 is 0 Å². The summed E-state index contributed by atoms with van der Waals surface area (Å²) in [5.41, 5.74) is 0. The Hall–Kier alpha value is -0.570. The lowest BCUT2D eigenvalue weighted by Gasteiger charge is -2.15. The number of rotatable bonds is 3. The van der Waals surface area contributed by atoms with Crippen molar-refractivity contribution in [2.75, 3.05) is 7.11 Å². The van der Waals surface area contributed by atoms with Crippen molar-refractivity contribution >= 4 is 5.97 Å². The number of hydrogen-bond acceptors (Lipinski definition) is 3. The molecule has 0 heterocycles. The van der Waals surface area contributed by atoms with Gasteiger partial charge >= 0.3 is 5.97 Å². The molecule has 1 aliphatic rings. The van der Waals surface area contributed by atoms with E-state index in [2.05, 4.69) is 4.74 Å². The van der Waals surface area contributed by atoms with Crippen LogP contribution in [0, 0.1) is 11.8 Å². The first kappa shape index (κ1) is 8.53. The molecule has 0 aromatic carbocycles. The van der Waals surface area contributed by atoms with Gasteiger partial charge in [0.1, 0.15) is 0 Å². The third kappa shape index (κ3) is 1.93. The molecule has 64 valence electrons.